The summed E-state index contributed by atoms with van der Waals surface area (Å²) in [5.41, 5.74) is 4.19. The molecule has 6 heteroatoms. The van der Waals surface area contributed by atoms with E-state index in [0.29, 0.717) is 11.3 Å². The number of fused-ring (bicyclic) bond motifs is 1. The standard InChI is InChI=1S/C22H20N2O4/c1-15-8-9-19-17(13-28-22(19)16(15)2)12-21(26)27-14-20(25)24(11-10-23)18-6-4-3-5-7-18/h3-9,13H,11-12,14H2,1-2H3. The summed E-state index contributed by atoms with van der Waals surface area (Å²) >= 11 is 0. The number of hydrogen-bond acceptors (Lipinski definition) is 5. The zero-order valence-corrected chi connectivity index (χ0v) is 15.8. The van der Waals surface area contributed by atoms with Crippen LogP contribution >= 0.6 is 0 Å². The number of anilines is 1. The molecule has 2 aromatic carbocycles. The molecule has 0 bridgehead atoms. The van der Waals surface area contributed by atoms with Crippen LogP contribution in [-0.4, -0.2) is 25.0 Å². The van der Waals surface area contributed by atoms with Crippen molar-refractivity contribution in [2.45, 2.75) is 20.3 Å². The van der Waals surface area contributed by atoms with E-state index in [9.17, 15) is 9.59 Å². The van der Waals surface area contributed by atoms with Crippen LogP contribution in [0, 0.1) is 25.2 Å². The fraction of sp³-hybridized carbons (Fsp3) is 0.227. The number of nitrogens with zero attached hydrogens (tertiary/aromatic N) is 2. The Morgan fingerprint density at radius 1 is 1.14 bits per heavy atom. The van der Waals surface area contributed by atoms with E-state index in [1.165, 1.54) is 4.90 Å². The number of furan rings is 1. The molecular formula is C22H20N2O4. The number of carbonyl (C=O) groups excluding carboxylic acids is 2. The first kappa shape index (κ1) is 19.2. The Kier molecular flexibility index (Phi) is 5.75. The van der Waals surface area contributed by atoms with Gasteiger partial charge in [-0.2, -0.15) is 5.26 Å². The van der Waals surface area contributed by atoms with Crippen molar-refractivity contribution >= 4 is 28.5 Å². The lowest BCUT2D eigenvalue weighted by atomic mass is 10.0. The molecule has 0 radical (unpaired) electrons. The van der Waals surface area contributed by atoms with Crippen LogP contribution in [0.3, 0.4) is 0 Å². The fourth-order valence-corrected chi connectivity index (χ4v) is 2.95. The monoisotopic (exact) mass is 376 g/mol. The lowest BCUT2D eigenvalue weighted by Gasteiger charge is -2.19. The molecular weight excluding hydrogens is 356 g/mol. The normalized spacial score (nSPS) is 10.5. The highest BCUT2D eigenvalue weighted by molar-refractivity contribution is 5.96. The van der Waals surface area contributed by atoms with E-state index in [1.54, 1.807) is 30.5 Å². The SMILES string of the molecule is Cc1ccc2c(CC(=O)OCC(=O)N(CC#N)c3ccccc3)coc2c1C. The van der Waals surface area contributed by atoms with Crippen molar-refractivity contribution in [2.24, 2.45) is 0 Å². The summed E-state index contributed by atoms with van der Waals surface area (Å²) in [6.07, 6.45) is 1.55. The maximum atomic E-state index is 12.4. The molecule has 0 spiro atoms. The zero-order chi connectivity index (χ0) is 20.1. The molecule has 1 heterocycles. The third-order valence-corrected chi connectivity index (χ3v) is 4.63. The van der Waals surface area contributed by atoms with Crippen LogP contribution in [0.5, 0.6) is 0 Å². The van der Waals surface area contributed by atoms with Gasteiger partial charge < -0.3 is 9.15 Å². The quantitative estimate of drug-likeness (QED) is 0.484. The van der Waals surface area contributed by atoms with Crippen LogP contribution in [0.1, 0.15) is 16.7 Å². The highest BCUT2D eigenvalue weighted by Gasteiger charge is 2.19. The number of benzene rings is 2. The van der Waals surface area contributed by atoms with E-state index in [-0.39, 0.29) is 13.0 Å². The molecule has 0 fully saturated rings. The van der Waals surface area contributed by atoms with Crippen LogP contribution in [0.2, 0.25) is 0 Å². The molecule has 0 saturated carbocycles. The van der Waals surface area contributed by atoms with E-state index in [2.05, 4.69) is 0 Å². The topological polar surface area (TPSA) is 83.5 Å². The average Bonchev–Trinajstić information content (AvgIpc) is 3.11. The van der Waals surface area contributed by atoms with Gasteiger partial charge in [-0.1, -0.05) is 30.3 Å². The van der Waals surface area contributed by atoms with Crippen molar-refractivity contribution < 1.29 is 18.7 Å². The minimum Gasteiger partial charge on any atom is -0.464 e. The number of hydrogen-bond donors (Lipinski definition) is 0. The van der Waals surface area contributed by atoms with Crippen molar-refractivity contribution in [1.82, 2.24) is 0 Å². The third-order valence-electron chi connectivity index (χ3n) is 4.63. The molecule has 0 unspecified atom stereocenters. The van der Waals surface area contributed by atoms with E-state index >= 15 is 0 Å². The minimum atomic E-state index is -0.528. The molecule has 0 atom stereocenters. The molecule has 3 rings (SSSR count). The molecule has 0 aliphatic rings. The molecule has 142 valence electrons. The van der Waals surface area contributed by atoms with E-state index in [4.69, 9.17) is 14.4 Å². The molecule has 6 nitrogen and oxygen atoms in total. The lowest BCUT2D eigenvalue weighted by molar-refractivity contribution is -0.147. The van der Waals surface area contributed by atoms with E-state index in [0.717, 1.165) is 22.1 Å². The van der Waals surface area contributed by atoms with Gasteiger partial charge in [-0.3, -0.25) is 14.5 Å². The number of ether oxygens (including phenoxy) is 1. The predicted octanol–water partition coefficient (Wildman–Crippen LogP) is 3.69. The van der Waals surface area contributed by atoms with Gasteiger partial charge in [0.25, 0.3) is 5.91 Å². The number of carbonyl (C=O) groups is 2. The van der Waals surface area contributed by atoms with Gasteiger partial charge in [0, 0.05) is 16.6 Å². The molecule has 3 aromatic rings. The highest BCUT2D eigenvalue weighted by Crippen LogP contribution is 2.27. The summed E-state index contributed by atoms with van der Waals surface area (Å²) < 4.78 is 10.7. The van der Waals surface area contributed by atoms with Crippen molar-refractivity contribution in [3.8, 4) is 6.07 Å². The minimum absolute atomic E-state index is 0.00632. The highest BCUT2D eigenvalue weighted by atomic mass is 16.5. The van der Waals surface area contributed by atoms with Gasteiger partial charge in [0.15, 0.2) is 6.61 Å². The molecule has 0 aliphatic heterocycles. The van der Waals surface area contributed by atoms with Crippen molar-refractivity contribution in [2.75, 3.05) is 18.1 Å². The first-order chi connectivity index (χ1) is 13.5. The Morgan fingerprint density at radius 2 is 1.89 bits per heavy atom. The number of aryl methyl sites for hydroxylation is 2. The summed E-state index contributed by atoms with van der Waals surface area (Å²) in [6.45, 7) is 3.42. The predicted molar refractivity (Wildman–Crippen MR) is 105 cm³/mol. The Balaban J connectivity index is 1.65. The largest absolute Gasteiger partial charge is 0.464 e. The summed E-state index contributed by atoms with van der Waals surface area (Å²) in [4.78, 5) is 25.9. The Hall–Kier alpha value is -3.59. The van der Waals surface area contributed by atoms with E-state index in [1.807, 2.05) is 38.1 Å². The summed E-state index contributed by atoms with van der Waals surface area (Å²) in [7, 11) is 0. The van der Waals surface area contributed by atoms with Crippen molar-refractivity contribution in [3.05, 3.63) is 65.4 Å². The van der Waals surface area contributed by atoms with E-state index < -0.39 is 18.5 Å². The third kappa shape index (κ3) is 4.04. The van der Waals surface area contributed by atoms with Crippen molar-refractivity contribution in [1.29, 1.82) is 5.26 Å². The number of para-hydroxylation sites is 1. The number of amides is 1. The maximum Gasteiger partial charge on any atom is 0.310 e. The fourth-order valence-electron chi connectivity index (χ4n) is 2.95. The Labute approximate surface area is 162 Å². The first-order valence-corrected chi connectivity index (χ1v) is 8.85. The zero-order valence-electron chi connectivity index (χ0n) is 15.8. The maximum absolute atomic E-state index is 12.4. The lowest BCUT2D eigenvalue weighted by Crippen LogP contribution is -2.35. The Morgan fingerprint density at radius 3 is 2.61 bits per heavy atom. The van der Waals surface area contributed by atoms with Crippen LogP contribution in [0.25, 0.3) is 11.0 Å². The first-order valence-electron chi connectivity index (χ1n) is 8.85. The second-order valence-electron chi connectivity index (χ2n) is 6.46. The number of rotatable bonds is 6. The van der Waals surface area contributed by atoms with Gasteiger partial charge >= 0.3 is 5.97 Å². The molecule has 0 aliphatic carbocycles. The van der Waals surface area contributed by atoms with Gasteiger partial charge in [-0.25, -0.2) is 0 Å². The molecule has 0 saturated heterocycles. The molecule has 0 N–H and O–H groups in total. The molecule has 1 amide bonds. The van der Waals surface area contributed by atoms with Gasteiger partial charge in [0.05, 0.1) is 18.8 Å². The number of esters is 1. The summed E-state index contributed by atoms with van der Waals surface area (Å²) in [6, 6.07) is 14.6. The van der Waals surface area contributed by atoms with Crippen molar-refractivity contribution in [3.63, 3.8) is 0 Å². The second-order valence-corrected chi connectivity index (χ2v) is 6.46. The second kappa shape index (κ2) is 8.40. The molecule has 1 aromatic heterocycles. The van der Waals surface area contributed by atoms with Gasteiger partial charge in [-0.05, 0) is 37.1 Å². The number of nitriles is 1. The average molecular weight is 376 g/mol. The Bertz CT molecular complexity index is 1050. The summed E-state index contributed by atoms with van der Waals surface area (Å²) in [5, 5.41) is 9.84. The van der Waals surface area contributed by atoms with Crippen LogP contribution in [-0.2, 0) is 20.7 Å². The van der Waals surface area contributed by atoms with Crippen LogP contribution in [0.4, 0.5) is 5.69 Å². The smallest absolute Gasteiger partial charge is 0.310 e. The summed E-state index contributed by atoms with van der Waals surface area (Å²) in [5.74, 6) is -0.983. The van der Waals surface area contributed by atoms with Gasteiger partial charge in [-0.15, -0.1) is 0 Å². The van der Waals surface area contributed by atoms with Crippen LogP contribution < -0.4 is 4.90 Å². The van der Waals surface area contributed by atoms with Gasteiger partial charge in [0.1, 0.15) is 12.1 Å². The molecule has 28 heavy (non-hydrogen) atoms. The van der Waals surface area contributed by atoms with Crippen LogP contribution in [0.15, 0.2) is 53.1 Å². The van der Waals surface area contributed by atoms with Gasteiger partial charge in [0.2, 0.25) is 0 Å².